The zero-order valence-electron chi connectivity index (χ0n) is 18.3. The summed E-state index contributed by atoms with van der Waals surface area (Å²) in [6, 6.07) is 5.71. The van der Waals surface area contributed by atoms with Gasteiger partial charge in [0.1, 0.15) is 11.5 Å². The highest BCUT2D eigenvalue weighted by atomic mass is 19.1. The quantitative estimate of drug-likeness (QED) is 0.582. The van der Waals surface area contributed by atoms with Crippen molar-refractivity contribution in [2.75, 3.05) is 13.6 Å². The third-order valence-electron chi connectivity index (χ3n) is 5.50. The molecule has 0 saturated carbocycles. The highest BCUT2D eigenvalue weighted by Crippen LogP contribution is 2.36. The first-order chi connectivity index (χ1) is 13.8. The van der Waals surface area contributed by atoms with Gasteiger partial charge in [-0.05, 0) is 94.7 Å². The largest absolute Gasteiger partial charge is 0.328 e. The standard InChI is InChI=1S/C23H34FN5/c1-7-17-13-20(23(27-5)21(24)14-17)16(3)19(9-8-18(25)10-11-26-4)22-12-15(2)29(6)28-22/h12-14,18,26H,5,7-11,25H2,1-4,6H3/b19-16+. The van der Waals surface area contributed by atoms with Crippen molar-refractivity contribution in [3.05, 3.63) is 46.5 Å². The predicted octanol–water partition coefficient (Wildman–Crippen LogP) is 4.41. The van der Waals surface area contributed by atoms with Gasteiger partial charge in [0.2, 0.25) is 0 Å². The van der Waals surface area contributed by atoms with Gasteiger partial charge in [-0.25, -0.2) is 4.39 Å². The maximum atomic E-state index is 14.6. The van der Waals surface area contributed by atoms with Crippen LogP contribution in [0.1, 0.15) is 55.6 Å². The lowest BCUT2D eigenvalue weighted by molar-refractivity contribution is 0.558. The molecule has 158 valence electrons. The Hall–Kier alpha value is -2.31. The molecule has 1 unspecified atom stereocenters. The fraction of sp³-hybridized carbons (Fsp3) is 0.478. The summed E-state index contributed by atoms with van der Waals surface area (Å²) in [7, 11) is 3.86. The van der Waals surface area contributed by atoms with Gasteiger partial charge >= 0.3 is 0 Å². The first-order valence-electron chi connectivity index (χ1n) is 10.2. The zero-order chi connectivity index (χ0) is 21.6. The zero-order valence-corrected chi connectivity index (χ0v) is 18.3. The number of aromatic nitrogens is 2. The van der Waals surface area contributed by atoms with Crippen LogP contribution in [0.5, 0.6) is 0 Å². The van der Waals surface area contributed by atoms with Crippen molar-refractivity contribution >= 4 is 23.6 Å². The first-order valence-corrected chi connectivity index (χ1v) is 10.2. The molecule has 0 radical (unpaired) electrons. The molecular formula is C23H34FN5. The topological polar surface area (TPSA) is 68.2 Å². The highest BCUT2D eigenvalue weighted by molar-refractivity contribution is 5.92. The lowest BCUT2D eigenvalue weighted by Gasteiger charge is -2.17. The van der Waals surface area contributed by atoms with Crippen LogP contribution in [-0.4, -0.2) is 36.1 Å². The van der Waals surface area contributed by atoms with Crippen molar-refractivity contribution in [2.45, 2.75) is 52.5 Å². The molecule has 1 atom stereocenters. The van der Waals surface area contributed by atoms with E-state index >= 15 is 0 Å². The van der Waals surface area contributed by atoms with E-state index in [-0.39, 0.29) is 11.9 Å². The van der Waals surface area contributed by atoms with Gasteiger partial charge in [0, 0.05) is 24.3 Å². The van der Waals surface area contributed by atoms with Crippen molar-refractivity contribution in [3.8, 4) is 0 Å². The molecule has 5 nitrogen and oxygen atoms in total. The number of benzene rings is 1. The van der Waals surface area contributed by atoms with E-state index in [0.29, 0.717) is 5.69 Å². The maximum Gasteiger partial charge on any atom is 0.149 e. The van der Waals surface area contributed by atoms with Gasteiger partial charge in [-0.15, -0.1) is 0 Å². The fourth-order valence-corrected chi connectivity index (χ4v) is 3.49. The molecule has 0 aliphatic rings. The molecule has 1 heterocycles. The van der Waals surface area contributed by atoms with Crippen LogP contribution in [0.2, 0.25) is 0 Å². The van der Waals surface area contributed by atoms with Gasteiger partial charge in [-0.3, -0.25) is 9.67 Å². The summed E-state index contributed by atoms with van der Waals surface area (Å²) in [6.07, 6.45) is 3.25. The van der Waals surface area contributed by atoms with E-state index in [0.717, 1.165) is 65.9 Å². The molecule has 0 saturated heterocycles. The summed E-state index contributed by atoms with van der Waals surface area (Å²) in [5, 5.41) is 7.83. The lowest BCUT2D eigenvalue weighted by atomic mass is 9.91. The molecule has 0 fully saturated rings. The Morgan fingerprint density at radius 3 is 2.62 bits per heavy atom. The average Bonchev–Trinajstić information content (AvgIpc) is 3.03. The summed E-state index contributed by atoms with van der Waals surface area (Å²) < 4.78 is 16.5. The van der Waals surface area contributed by atoms with Crippen LogP contribution >= 0.6 is 0 Å². The number of nitrogens with zero attached hydrogens (tertiary/aromatic N) is 3. The summed E-state index contributed by atoms with van der Waals surface area (Å²) in [5.74, 6) is -0.337. The van der Waals surface area contributed by atoms with Gasteiger partial charge in [0.05, 0.1) is 5.69 Å². The molecule has 0 amide bonds. The molecule has 29 heavy (non-hydrogen) atoms. The predicted molar refractivity (Wildman–Crippen MR) is 121 cm³/mol. The molecular weight excluding hydrogens is 365 g/mol. The number of allylic oxidation sites excluding steroid dienone is 2. The molecule has 1 aromatic heterocycles. The second-order valence-electron chi connectivity index (χ2n) is 7.57. The molecule has 2 aromatic rings. The van der Waals surface area contributed by atoms with Gasteiger partial charge in [-0.2, -0.15) is 5.10 Å². The Morgan fingerprint density at radius 1 is 1.34 bits per heavy atom. The Kier molecular flexibility index (Phi) is 8.29. The van der Waals surface area contributed by atoms with E-state index in [4.69, 9.17) is 5.73 Å². The van der Waals surface area contributed by atoms with E-state index in [1.807, 2.05) is 45.6 Å². The van der Waals surface area contributed by atoms with E-state index in [1.165, 1.54) is 0 Å². The van der Waals surface area contributed by atoms with Crippen LogP contribution in [0.25, 0.3) is 11.1 Å². The molecule has 0 aliphatic carbocycles. The number of aryl methyl sites for hydroxylation is 3. The normalized spacial score (nSPS) is 13.3. The molecule has 3 N–H and O–H groups in total. The van der Waals surface area contributed by atoms with Gasteiger partial charge < -0.3 is 11.1 Å². The van der Waals surface area contributed by atoms with E-state index in [1.54, 1.807) is 6.07 Å². The Bertz CT molecular complexity index is 862. The third kappa shape index (κ3) is 5.61. The summed E-state index contributed by atoms with van der Waals surface area (Å²) in [5.41, 5.74) is 12.3. The second kappa shape index (κ2) is 10.5. The number of rotatable bonds is 10. The summed E-state index contributed by atoms with van der Waals surface area (Å²) >= 11 is 0. The van der Waals surface area contributed by atoms with Crippen LogP contribution in [0, 0.1) is 12.7 Å². The number of nitrogens with two attached hydrogens (primary N) is 1. The van der Waals surface area contributed by atoms with E-state index in [2.05, 4.69) is 28.2 Å². The molecule has 0 bridgehead atoms. The fourth-order valence-electron chi connectivity index (χ4n) is 3.49. The number of hydrogen-bond donors (Lipinski definition) is 2. The lowest BCUT2D eigenvalue weighted by Crippen LogP contribution is -2.25. The van der Waals surface area contributed by atoms with Crippen LogP contribution in [0.3, 0.4) is 0 Å². The summed E-state index contributed by atoms with van der Waals surface area (Å²) in [6.45, 7) is 10.5. The molecule has 6 heteroatoms. The number of aliphatic imine (C=N–C) groups is 1. The average molecular weight is 400 g/mol. The number of halogens is 1. The Balaban J connectivity index is 2.55. The molecule has 0 spiro atoms. The minimum absolute atomic E-state index is 0.0887. The first kappa shape index (κ1) is 23.0. The maximum absolute atomic E-state index is 14.6. The second-order valence-corrected chi connectivity index (χ2v) is 7.57. The molecule has 1 aromatic carbocycles. The molecule has 2 rings (SSSR count). The van der Waals surface area contributed by atoms with Crippen LogP contribution < -0.4 is 11.1 Å². The number of nitrogens with one attached hydrogen (secondary N) is 1. The third-order valence-corrected chi connectivity index (χ3v) is 5.50. The van der Waals surface area contributed by atoms with Gasteiger partial charge in [-0.1, -0.05) is 6.92 Å². The minimum atomic E-state index is -0.337. The van der Waals surface area contributed by atoms with Gasteiger partial charge in [0.15, 0.2) is 0 Å². The van der Waals surface area contributed by atoms with Crippen molar-refractivity contribution in [1.29, 1.82) is 0 Å². The van der Waals surface area contributed by atoms with Crippen molar-refractivity contribution in [3.63, 3.8) is 0 Å². The van der Waals surface area contributed by atoms with Gasteiger partial charge in [0.25, 0.3) is 0 Å². The van der Waals surface area contributed by atoms with Crippen molar-refractivity contribution in [2.24, 2.45) is 17.8 Å². The van der Waals surface area contributed by atoms with Crippen LogP contribution in [0.15, 0.2) is 23.2 Å². The smallest absolute Gasteiger partial charge is 0.149 e. The summed E-state index contributed by atoms with van der Waals surface area (Å²) in [4.78, 5) is 3.98. The monoisotopic (exact) mass is 399 g/mol. The Morgan fingerprint density at radius 2 is 2.07 bits per heavy atom. The van der Waals surface area contributed by atoms with E-state index < -0.39 is 0 Å². The highest BCUT2D eigenvalue weighted by Gasteiger charge is 2.18. The van der Waals surface area contributed by atoms with Crippen molar-refractivity contribution in [1.82, 2.24) is 15.1 Å². The molecule has 0 aliphatic heterocycles. The van der Waals surface area contributed by atoms with Crippen LogP contribution in [-0.2, 0) is 13.5 Å². The Labute approximate surface area is 173 Å². The van der Waals surface area contributed by atoms with Crippen LogP contribution in [0.4, 0.5) is 10.1 Å². The minimum Gasteiger partial charge on any atom is -0.328 e. The van der Waals surface area contributed by atoms with Crippen molar-refractivity contribution < 1.29 is 4.39 Å². The number of hydrogen-bond acceptors (Lipinski definition) is 4. The van der Waals surface area contributed by atoms with E-state index in [9.17, 15) is 4.39 Å². The SMILES string of the molecule is C=Nc1c(F)cc(CC)cc1/C(C)=C(\CCC(N)CCNC)c1cc(C)n(C)n1.